The van der Waals surface area contributed by atoms with Gasteiger partial charge in [0.2, 0.25) is 0 Å². The molecule has 80 heavy (non-hydrogen) atoms. The Morgan fingerprint density at radius 2 is 0.725 bits per heavy atom. The highest BCUT2D eigenvalue weighted by molar-refractivity contribution is 6.41. The normalized spacial score (nSPS) is 17.2. The Hall–Kier alpha value is -5.50. The van der Waals surface area contributed by atoms with Crippen LogP contribution in [0.3, 0.4) is 0 Å². The summed E-state index contributed by atoms with van der Waals surface area (Å²) in [7, 11) is 1.65. The SMILES string of the molecule is COCCOCC(C)OCC(C)OCC(C)OCC(C)OCC(C)OCC(C)OCC(C)OCC(C)OCC(C)N1C(=O)c2ccc3c4ccc5c6c(ccc(c7ccc(c2c37)C1=O)c64)C(=O)N(CCCCc1ccccc1)C5=O. The molecule has 2 aliphatic heterocycles. The number of carbonyl (C=O) groups excluding carboxylic acids is 4. The van der Waals surface area contributed by atoms with Crippen molar-refractivity contribution in [2.75, 3.05) is 86.3 Å². The molecule has 6 aromatic carbocycles. The average Bonchev–Trinajstić information content (AvgIpc) is 3.27. The standard InChI is InChI=1S/C64H82N2O14/c1-39(30-73-41(3)32-75-43(5)34-77-45(7)36-79-47(9)38-80-46(8)37-78-44(6)35-76-42(4)33-74-40(2)31-72-29-28-71-10)66-63(69)55-25-21-51-49-19-23-53-59-54(62(68)65(61(53)67)27-15-14-18-48-16-12-11-13-17-48)24-20-50(57(49)59)52-22-26-56(64(66)70)60(55)58(51)52/h11-13,16-17,19-26,39-47H,14-15,18,27-38H2,1-10H3. The van der Waals surface area contributed by atoms with Crippen LogP contribution in [0.4, 0.5) is 0 Å². The maximum Gasteiger partial charge on any atom is 0.261 e. The number of nitrogens with zero attached hydrogens (tertiary/aromatic N) is 2. The second-order valence-electron chi connectivity index (χ2n) is 21.9. The third kappa shape index (κ3) is 14.6. The molecule has 0 aliphatic carbocycles. The van der Waals surface area contributed by atoms with Crippen LogP contribution < -0.4 is 0 Å². The smallest absolute Gasteiger partial charge is 0.261 e. The van der Waals surface area contributed by atoms with Gasteiger partial charge in [0, 0.05) is 46.7 Å². The fourth-order valence-electron chi connectivity index (χ4n) is 10.4. The molecule has 0 bridgehead atoms. The molecule has 432 valence electrons. The van der Waals surface area contributed by atoms with Gasteiger partial charge in [-0.2, -0.15) is 0 Å². The van der Waals surface area contributed by atoms with Crippen molar-refractivity contribution < 1.29 is 66.5 Å². The summed E-state index contributed by atoms with van der Waals surface area (Å²) in [5.41, 5.74) is 3.10. The predicted molar refractivity (Wildman–Crippen MR) is 308 cm³/mol. The van der Waals surface area contributed by atoms with E-state index < -0.39 is 6.04 Å². The molecule has 9 atom stereocenters. The molecular formula is C64H82N2O14. The van der Waals surface area contributed by atoms with Crippen molar-refractivity contribution in [3.63, 3.8) is 0 Å². The number of hydrogen-bond acceptors (Lipinski definition) is 14. The lowest BCUT2D eigenvalue weighted by molar-refractivity contribution is -0.110. The van der Waals surface area contributed by atoms with E-state index in [1.807, 2.05) is 117 Å². The second kappa shape index (κ2) is 28.5. The number of rotatable bonds is 35. The van der Waals surface area contributed by atoms with Gasteiger partial charge in [-0.25, -0.2) is 0 Å². The van der Waals surface area contributed by atoms with E-state index >= 15 is 0 Å². The third-order valence-corrected chi connectivity index (χ3v) is 14.8. The van der Waals surface area contributed by atoms with Gasteiger partial charge in [0.05, 0.1) is 128 Å². The Morgan fingerprint density at radius 1 is 0.375 bits per heavy atom. The zero-order valence-corrected chi connectivity index (χ0v) is 48.4. The highest BCUT2D eigenvalue weighted by atomic mass is 16.6. The third-order valence-electron chi connectivity index (χ3n) is 14.8. The molecule has 8 rings (SSSR count). The summed E-state index contributed by atoms with van der Waals surface area (Å²) < 4.78 is 58.5. The minimum atomic E-state index is -0.573. The highest BCUT2D eigenvalue weighted by Gasteiger charge is 2.39. The zero-order chi connectivity index (χ0) is 57.0. The van der Waals surface area contributed by atoms with Gasteiger partial charge in [0.15, 0.2) is 0 Å². The van der Waals surface area contributed by atoms with E-state index in [-0.39, 0.29) is 85.7 Å². The van der Waals surface area contributed by atoms with Gasteiger partial charge in [-0.05, 0) is 144 Å². The quantitative estimate of drug-likeness (QED) is 0.0160. The molecule has 2 aliphatic rings. The fraction of sp³-hybridized carbons (Fsp3) is 0.531. The van der Waals surface area contributed by atoms with Crippen molar-refractivity contribution in [2.24, 2.45) is 0 Å². The summed E-state index contributed by atoms with van der Waals surface area (Å²) in [4.78, 5) is 59.6. The Bertz CT molecular complexity index is 2920. The van der Waals surface area contributed by atoms with E-state index in [0.717, 1.165) is 45.2 Å². The van der Waals surface area contributed by atoms with Crippen LogP contribution in [0, 0.1) is 0 Å². The molecule has 0 saturated heterocycles. The average molecular weight is 1100 g/mol. The number of imide groups is 2. The Balaban J connectivity index is 0.755. The van der Waals surface area contributed by atoms with Crippen LogP contribution >= 0.6 is 0 Å². The highest BCUT2D eigenvalue weighted by Crippen LogP contribution is 2.46. The predicted octanol–water partition coefficient (Wildman–Crippen LogP) is 10.2. The number of benzene rings is 6. The number of hydrogen-bond donors (Lipinski definition) is 0. The minimum absolute atomic E-state index is 0.0328. The number of ether oxygens (including phenoxy) is 10. The molecule has 9 unspecified atom stereocenters. The van der Waals surface area contributed by atoms with E-state index in [2.05, 4.69) is 12.1 Å². The van der Waals surface area contributed by atoms with E-state index in [1.165, 1.54) is 15.4 Å². The van der Waals surface area contributed by atoms with Gasteiger partial charge in [0.25, 0.3) is 23.6 Å². The van der Waals surface area contributed by atoms with Crippen molar-refractivity contribution in [3.8, 4) is 0 Å². The number of aryl methyl sites for hydroxylation is 1. The number of methoxy groups -OCH3 is 1. The molecule has 2 heterocycles. The molecule has 6 aromatic rings. The van der Waals surface area contributed by atoms with Crippen LogP contribution in [0.25, 0.3) is 43.1 Å². The summed E-state index contributed by atoms with van der Waals surface area (Å²) in [5.74, 6) is -1.36. The first-order valence-electron chi connectivity index (χ1n) is 28.5. The topological polar surface area (TPSA) is 167 Å². The van der Waals surface area contributed by atoms with E-state index in [0.29, 0.717) is 105 Å². The maximum absolute atomic E-state index is 14.4. The lowest BCUT2D eigenvalue weighted by Crippen LogP contribution is -2.48. The Morgan fingerprint density at radius 3 is 1.10 bits per heavy atom. The first-order valence-corrected chi connectivity index (χ1v) is 28.5. The molecule has 0 saturated carbocycles. The van der Waals surface area contributed by atoms with Crippen molar-refractivity contribution >= 4 is 66.7 Å². The number of fused-ring (bicyclic) bond motifs is 2. The van der Waals surface area contributed by atoms with E-state index in [4.69, 9.17) is 47.4 Å². The molecule has 0 N–H and O–H groups in total. The molecular weight excluding hydrogens is 1020 g/mol. The first kappa shape index (κ1) is 60.6. The monoisotopic (exact) mass is 1100 g/mol. The minimum Gasteiger partial charge on any atom is -0.382 e. The lowest BCUT2D eigenvalue weighted by atomic mass is 9.82. The second-order valence-corrected chi connectivity index (χ2v) is 21.9. The summed E-state index contributed by atoms with van der Waals surface area (Å²) in [6, 6.07) is 24.6. The van der Waals surface area contributed by atoms with E-state index in [1.54, 1.807) is 19.2 Å². The van der Waals surface area contributed by atoms with Crippen LogP contribution in [0.15, 0.2) is 78.9 Å². The van der Waals surface area contributed by atoms with Gasteiger partial charge in [-0.15, -0.1) is 0 Å². The van der Waals surface area contributed by atoms with Crippen molar-refractivity contribution in [2.45, 2.75) is 136 Å². The van der Waals surface area contributed by atoms with E-state index in [9.17, 15) is 19.2 Å². The summed E-state index contributed by atoms with van der Waals surface area (Å²) in [5, 5.41) is 6.29. The molecule has 0 radical (unpaired) electrons. The molecule has 4 amide bonds. The van der Waals surface area contributed by atoms with Crippen LogP contribution in [-0.2, 0) is 53.8 Å². The van der Waals surface area contributed by atoms with Gasteiger partial charge >= 0.3 is 0 Å². The first-order chi connectivity index (χ1) is 38.6. The molecule has 0 fully saturated rings. The van der Waals surface area contributed by atoms with Crippen LogP contribution in [-0.4, -0.2) is 175 Å². The van der Waals surface area contributed by atoms with Gasteiger partial charge < -0.3 is 47.4 Å². The lowest BCUT2D eigenvalue weighted by Gasteiger charge is -2.33. The number of unbranched alkanes of at least 4 members (excludes halogenated alkanes) is 1. The largest absolute Gasteiger partial charge is 0.382 e. The van der Waals surface area contributed by atoms with Crippen LogP contribution in [0.5, 0.6) is 0 Å². The number of amides is 4. The van der Waals surface area contributed by atoms with Crippen LogP contribution in [0.2, 0.25) is 0 Å². The van der Waals surface area contributed by atoms with Gasteiger partial charge in [-0.3, -0.25) is 29.0 Å². The van der Waals surface area contributed by atoms with Crippen molar-refractivity contribution in [3.05, 3.63) is 107 Å². The number of carbonyl (C=O) groups is 4. The molecule has 16 heteroatoms. The zero-order valence-electron chi connectivity index (χ0n) is 48.4. The molecule has 0 spiro atoms. The Kier molecular flexibility index (Phi) is 21.6. The van der Waals surface area contributed by atoms with Gasteiger partial charge in [0.1, 0.15) is 0 Å². The van der Waals surface area contributed by atoms with Crippen LogP contribution in [0.1, 0.15) is 122 Å². The molecule has 0 aromatic heterocycles. The van der Waals surface area contributed by atoms with Gasteiger partial charge in [-0.1, -0.05) is 54.6 Å². The summed E-state index contributed by atoms with van der Waals surface area (Å²) >= 11 is 0. The Labute approximate surface area is 470 Å². The van der Waals surface area contributed by atoms with Crippen molar-refractivity contribution in [1.29, 1.82) is 0 Å². The fourth-order valence-corrected chi connectivity index (χ4v) is 10.4. The summed E-state index contributed by atoms with van der Waals surface area (Å²) in [6.45, 7) is 22.3. The maximum atomic E-state index is 14.4. The van der Waals surface area contributed by atoms with Crippen molar-refractivity contribution in [1.82, 2.24) is 9.80 Å². The molecule has 16 nitrogen and oxygen atoms in total. The summed E-state index contributed by atoms with van der Waals surface area (Å²) in [6.07, 6.45) is 1.20.